The first-order chi connectivity index (χ1) is 12.8. The number of benzene rings is 2. The number of nitrogens with one attached hydrogen (secondary N) is 1. The Morgan fingerprint density at radius 2 is 1.78 bits per heavy atom. The minimum absolute atomic E-state index is 0.351. The van der Waals surface area contributed by atoms with Gasteiger partial charge in [0.15, 0.2) is 6.61 Å². The average molecular weight is 390 g/mol. The average Bonchev–Trinajstić information content (AvgIpc) is 2.61. The molecule has 0 saturated heterocycles. The lowest BCUT2D eigenvalue weighted by atomic mass is 10.1. The molecule has 6 heteroatoms. The maximum atomic E-state index is 12.1. The minimum Gasteiger partial charge on any atom is -0.493 e. The predicted molar refractivity (Wildman–Crippen MR) is 107 cm³/mol. The Morgan fingerprint density at radius 1 is 1.11 bits per heavy atom. The zero-order chi connectivity index (χ0) is 20.0. The second kappa shape index (κ2) is 9.42. The SMILES string of the molecule is Cc1cc(C)c(NC(=O)COC(=O)c2ccc(OCC(C)C)cc2)c(Cl)c1. The first kappa shape index (κ1) is 20.8. The number of carbonyl (C=O) groups excluding carboxylic acids is 2. The number of hydrogen-bond donors (Lipinski definition) is 1. The Morgan fingerprint density at radius 3 is 2.37 bits per heavy atom. The smallest absolute Gasteiger partial charge is 0.338 e. The number of hydrogen-bond acceptors (Lipinski definition) is 4. The van der Waals surface area contributed by atoms with E-state index >= 15 is 0 Å². The first-order valence-electron chi connectivity index (χ1n) is 8.73. The molecule has 0 saturated carbocycles. The van der Waals surface area contributed by atoms with Crippen molar-refractivity contribution >= 4 is 29.2 Å². The fourth-order valence-electron chi connectivity index (χ4n) is 2.41. The van der Waals surface area contributed by atoms with Crippen LogP contribution in [0, 0.1) is 19.8 Å². The van der Waals surface area contributed by atoms with Crippen LogP contribution in [0.15, 0.2) is 36.4 Å². The van der Waals surface area contributed by atoms with Gasteiger partial charge in [-0.3, -0.25) is 4.79 Å². The molecule has 144 valence electrons. The summed E-state index contributed by atoms with van der Waals surface area (Å²) in [5.41, 5.74) is 2.72. The van der Waals surface area contributed by atoms with Gasteiger partial charge in [-0.15, -0.1) is 0 Å². The summed E-state index contributed by atoms with van der Waals surface area (Å²) in [6, 6.07) is 10.3. The third-order valence-corrected chi connectivity index (χ3v) is 4.00. The Bertz CT molecular complexity index is 792. The molecule has 5 nitrogen and oxygen atoms in total. The van der Waals surface area contributed by atoms with Gasteiger partial charge in [-0.2, -0.15) is 0 Å². The maximum Gasteiger partial charge on any atom is 0.338 e. The second-order valence-electron chi connectivity index (χ2n) is 6.79. The van der Waals surface area contributed by atoms with Crippen LogP contribution in [0.5, 0.6) is 5.75 Å². The van der Waals surface area contributed by atoms with Crippen molar-refractivity contribution < 1.29 is 19.1 Å². The van der Waals surface area contributed by atoms with Crippen LogP contribution in [0.3, 0.4) is 0 Å². The zero-order valence-corrected chi connectivity index (χ0v) is 16.7. The summed E-state index contributed by atoms with van der Waals surface area (Å²) in [4.78, 5) is 24.2. The molecular weight excluding hydrogens is 366 g/mol. The minimum atomic E-state index is -0.577. The molecule has 0 heterocycles. The third kappa shape index (κ3) is 6.29. The van der Waals surface area contributed by atoms with Gasteiger partial charge < -0.3 is 14.8 Å². The highest BCUT2D eigenvalue weighted by Crippen LogP contribution is 2.27. The van der Waals surface area contributed by atoms with Crippen LogP contribution in [0.1, 0.15) is 35.3 Å². The first-order valence-corrected chi connectivity index (χ1v) is 9.10. The van der Waals surface area contributed by atoms with Crippen molar-refractivity contribution in [3.05, 3.63) is 58.1 Å². The van der Waals surface area contributed by atoms with E-state index in [1.807, 2.05) is 19.9 Å². The van der Waals surface area contributed by atoms with Gasteiger partial charge in [0.2, 0.25) is 0 Å². The van der Waals surface area contributed by atoms with Gasteiger partial charge in [0, 0.05) is 0 Å². The molecule has 0 aliphatic rings. The summed E-state index contributed by atoms with van der Waals surface area (Å²) in [5.74, 6) is 0.0719. The van der Waals surface area contributed by atoms with Crippen molar-refractivity contribution in [2.75, 3.05) is 18.5 Å². The molecule has 2 rings (SSSR count). The van der Waals surface area contributed by atoms with E-state index in [2.05, 4.69) is 19.2 Å². The van der Waals surface area contributed by atoms with Crippen molar-refractivity contribution in [3.8, 4) is 5.75 Å². The highest BCUT2D eigenvalue weighted by atomic mass is 35.5. The molecule has 0 unspecified atom stereocenters. The standard InChI is InChI=1S/C21H24ClNO4/c1-13(2)11-26-17-7-5-16(6-8-17)21(25)27-12-19(24)23-20-15(4)9-14(3)10-18(20)22/h5-10,13H,11-12H2,1-4H3,(H,23,24). The predicted octanol–water partition coefficient (Wildman–Crippen LogP) is 4.79. The fourth-order valence-corrected chi connectivity index (χ4v) is 2.78. The van der Waals surface area contributed by atoms with Crippen molar-refractivity contribution in [1.82, 2.24) is 0 Å². The Kier molecular flexibility index (Phi) is 7.25. The number of carbonyl (C=O) groups is 2. The molecule has 0 aliphatic heterocycles. The quantitative estimate of drug-likeness (QED) is 0.691. The number of anilines is 1. The van der Waals surface area contributed by atoms with E-state index in [1.54, 1.807) is 30.3 Å². The van der Waals surface area contributed by atoms with Crippen molar-refractivity contribution in [1.29, 1.82) is 0 Å². The summed E-state index contributed by atoms with van der Waals surface area (Å²) in [6.45, 7) is 8.10. The van der Waals surface area contributed by atoms with E-state index in [9.17, 15) is 9.59 Å². The van der Waals surface area contributed by atoms with E-state index in [-0.39, 0.29) is 0 Å². The number of amides is 1. The third-order valence-electron chi connectivity index (χ3n) is 3.70. The summed E-state index contributed by atoms with van der Waals surface area (Å²) < 4.78 is 10.6. The van der Waals surface area contributed by atoms with Crippen LogP contribution in [0.4, 0.5) is 5.69 Å². The van der Waals surface area contributed by atoms with E-state index in [1.165, 1.54) is 0 Å². The summed E-state index contributed by atoms with van der Waals surface area (Å²) in [5, 5.41) is 3.13. The normalized spacial score (nSPS) is 10.6. The van der Waals surface area contributed by atoms with Gasteiger partial charge in [-0.05, 0) is 61.2 Å². The molecule has 2 aromatic rings. The van der Waals surface area contributed by atoms with Gasteiger partial charge >= 0.3 is 5.97 Å². The van der Waals surface area contributed by atoms with Gasteiger partial charge in [0.1, 0.15) is 5.75 Å². The van der Waals surface area contributed by atoms with Crippen molar-refractivity contribution in [2.45, 2.75) is 27.7 Å². The molecule has 0 spiro atoms. The van der Waals surface area contributed by atoms with Crippen LogP contribution in [0.2, 0.25) is 5.02 Å². The zero-order valence-electron chi connectivity index (χ0n) is 16.0. The topological polar surface area (TPSA) is 64.6 Å². The molecule has 0 radical (unpaired) electrons. The molecule has 0 atom stereocenters. The molecule has 0 aromatic heterocycles. The monoisotopic (exact) mass is 389 g/mol. The molecule has 27 heavy (non-hydrogen) atoms. The second-order valence-corrected chi connectivity index (χ2v) is 7.20. The number of rotatable bonds is 7. The number of aryl methyl sites for hydroxylation is 2. The summed E-state index contributed by atoms with van der Waals surface area (Å²) in [7, 11) is 0. The van der Waals surface area contributed by atoms with Crippen molar-refractivity contribution in [2.24, 2.45) is 5.92 Å². The van der Waals surface area contributed by atoms with Crippen molar-refractivity contribution in [3.63, 3.8) is 0 Å². The maximum absolute atomic E-state index is 12.1. The molecule has 0 bridgehead atoms. The van der Waals surface area contributed by atoms with Gasteiger partial charge in [-0.1, -0.05) is 31.5 Å². The van der Waals surface area contributed by atoms with Gasteiger partial charge in [0.05, 0.1) is 22.9 Å². The van der Waals surface area contributed by atoms with Crippen LogP contribution in [-0.4, -0.2) is 25.1 Å². The van der Waals surface area contributed by atoms with E-state index in [0.717, 1.165) is 11.1 Å². The van der Waals surface area contributed by atoms with Crippen LogP contribution in [0.25, 0.3) is 0 Å². The van der Waals surface area contributed by atoms with Gasteiger partial charge in [-0.25, -0.2) is 4.79 Å². The van der Waals surface area contributed by atoms with E-state index in [0.29, 0.717) is 34.5 Å². The van der Waals surface area contributed by atoms with Gasteiger partial charge in [0.25, 0.3) is 5.91 Å². The lowest BCUT2D eigenvalue weighted by Gasteiger charge is -2.12. The molecular formula is C21H24ClNO4. The summed E-state index contributed by atoms with van der Waals surface area (Å²) >= 11 is 6.16. The van der Waals surface area contributed by atoms with Crippen LogP contribution in [-0.2, 0) is 9.53 Å². The lowest BCUT2D eigenvalue weighted by molar-refractivity contribution is -0.119. The lowest BCUT2D eigenvalue weighted by Crippen LogP contribution is -2.21. The molecule has 1 N–H and O–H groups in total. The Labute approximate surface area is 164 Å². The molecule has 0 aliphatic carbocycles. The fraction of sp³-hybridized carbons (Fsp3) is 0.333. The highest BCUT2D eigenvalue weighted by molar-refractivity contribution is 6.34. The van der Waals surface area contributed by atoms with Crippen LogP contribution < -0.4 is 10.1 Å². The van der Waals surface area contributed by atoms with Crippen LogP contribution >= 0.6 is 11.6 Å². The Balaban J connectivity index is 1.89. The summed E-state index contributed by atoms with van der Waals surface area (Å²) in [6.07, 6.45) is 0. The largest absolute Gasteiger partial charge is 0.493 e. The Hall–Kier alpha value is -2.53. The number of ether oxygens (including phenoxy) is 2. The number of halogens is 1. The highest BCUT2D eigenvalue weighted by Gasteiger charge is 2.13. The molecule has 2 aromatic carbocycles. The van der Waals surface area contributed by atoms with E-state index < -0.39 is 18.5 Å². The number of esters is 1. The van der Waals surface area contributed by atoms with E-state index in [4.69, 9.17) is 21.1 Å². The molecule has 1 amide bonds. The molecule has 0 fully saturated rings.